The fraction of sp³-hybridized carbons (Fsp3) is 0.538. The van der Waals surface area contributed by atoms with Crippen LogP contribution in [0.25, 0.3) is 0 Å². The molecule has 0 aliphatic rings. The molecule has 0 aliphatic heterocycles. The molecule has 0 fully saturated rings. The fourth-order valence-electron chi connectivity index (χ4n) is 1.67. The number of carbonyl (C=O) groups is 1. The van der Waals surface area contributed by atoms with Crippen LogP contribution in [0.2, 0.25) is 0 Å². The first kappa shape index (κ1) is 16.4. The Bertz CT molecular complexity index is 548. The summed E-state index contributed by atoms with van der Waals surface area (Å²) in [4.78, 5) is 16.3. The highest BCUT2D eigenvalue weighted by Crippen LogP contribution is 2.10. The average molecular weight is 299 g/mol. The maximum atomic E-state index is 12.0. The molecule has 0 saturated carbocycles. The molecule has 0 radical (unpaired) electrons. The van der Waals surface area contributed by atoms with Crippen molar-refractivity contribution >= 4 is 21.6 Å². The Kier molecular flexibility index (Phi) is 5.94. The Hall–Kier alpha value is -1.63. The van der Waals surface area contributed by atoms with E-state index < -0.39 is 9.84 Å². The highest BCUT2D eigenvalue weighted by Gasteiger charge is 2.09. The number of amides is 1. The number of rotatable bonds is 7. The Labute approximate surface area is 119 Å². The number of aromatic nitrogens is 1. The maximum Gasteiger partial charge on any atom is 0.251 e. The quantitative estimate of drug-likeness (QED) is 0.729. The Morgan fingerprint density at radius 3 is 2.60 bits per heavy atom. The van der Waals surface area contributed by atoms with E-state index in [9.17, 15) is 13.2 Å². The van der Waals surface area contributed by atoms with Crippen molar-refractivity contribution in [3.05, 3.63) is 23.4 Å². The van der Waals surface area contributed by atoms with E-state index in [0.29, 0.717) is 24.3 Å². The van der Waals surface area contributed by atoms with Crippen molar-refractivity contribution in [2.75, 3.05) is 30.9 Å². The Morgan fingerprint density at radius 1 is 1.35 bits per heavy atom. The van der Waals surface area contributed by atoms with Crippen LogP contribution in [0.3, 0.4) is 0 Å². The van der Waals surface area contributed by atoms with Crippen molar-refractivity contribution < 1.29 is 13.2 Å². The number of anilines is 1. The smallest absolute Gasteiger partial charge is 0.251 e. The normalized spacial score (nSPS) is 11.2. The fourth-order valence-corrected chi connectivity index (χ4v) is 2.34. The van der Waals surface area contributed by atoms with Crippen LogP contribution in [0.4, 0.5) is 5.82 Å². The summed E-state index contributed by atoms with van der Waals surface area (Å²) >= 11 is 0. The number of nitrogens with zero attached hydrogens (tertiary/aromatic N) is 1. The van der Waals surface area contributed by atoms with Gasteiger partial charge in [-0.1, -0.05) is 6.92 Å². The highest BCUT2D eigenvalue weighted by atomic mass is 32.2. The molecule has 112 valence electrons. The lowest BCUT2D eigenvalue weighted by Gasteiger charge is -2.08. The molecular formula is C13H21N3O3S. The lowest BCUT2D eigenvalue weighted by Crippen LogP contribution is -2.26. The number of sulfone groups is 1. The van der Waals surface area contributed by atoms with E-state index in [-0.39, 0.29) is 11.7 Å². The van der Waals surface area contributed by atoms with Gasteiger partial charge in [0.25, 0.3) is 5.91 Å². The monoisotopic (exact) mass is 299 g/mol. The Morgan fingerprint density at radius 2 is 2.05 bits per heavy atom. The van der Waals surface area contributed by atoms with E-state index in [1.54, 1.807) is 19.2 Å². The van der Waals surface area contributed by atoms with Gasteiger partial charge in [-0.2, -0.15) is 0 Å². The molecule has 0 bridgehead atoms. The molecule has 0 aromatic carbocycles. The van der Waals surface area contributed by atoms with Gasteiger partial charge < -0.3 is 10.6 Å². The van der Waals surface area contributed by atoms with Crippen LogP contribution in [0.5, 0.6) is 0 Å². The van der Waals surface area contributed by atoms with Crippen LogP contribution < -0.4 is 10.6 Å². The maximum absolute atomic E-state index is 12.0. The van der Waals surface area contributed by atoms with Crippen LogP contribution in [0.1, 0.15) is 29.4 Å². The summed E-state index contributed by atoms with van der Waals surface area (Å²) in [6, 6.07) is 3.41. The molecule has 1 rings (SSSR count). The van der Waals surface area contributed by atoms with Crippen LogP contribution in [0.15, 0.2) is 12.1 Å². The molecule has 1 aromatic rings. The summed E-state index contributed by atoms with van der Waals surface area (Å²) in [5, 5.41) is 5.63. The minimum atomic E-state index is -2.98. The molecule has 20 heavy (non-hydrogen) atoms. The first-order chi connectivity index (χ1) is 9.35. The van der Waals surface area contributed by atoms with Gasteiger partial charge in [0.2, 0.25) is 0 Å². The molecule has 0 saturated heterocycles. The number of hydrogen-bond donors (Lipinski definition) is 2. The van der Waals surface area contributed by atoms with Crippen molar-refractivity contribution in [1.29, 1.82) is 0 Å². The van der Waals surface area contributed by atoms with Crippen molar-refractivity contribution in [2.24, 2.45) is 0 Å². The second-order valence-electron chi connectivity index (χ2n) is 4.58. The number of pyridine rings is 1. The predicted molar refractivity (Wildman–Crippen MR) is 79.8 cm³/mol. The van der Waals surface area contributed by atoms with Gasteiger partial charge in [-0.25, -0.2) is 13.4 Å². The third kappa shape index (κ3) is 5.56. The van der Waals surface area contributed by atoms with E-state index in [2.05, 4.69) is 15.6 Å². The van der Waals surface area contributed by atoms with Crippen molar-refractivity contribution in [3.63, 3.8) is 0 Å². The van der Waals surface area contributed by atoms with Crippen molar-refractivity contribution in [3.8, 4) is 0 Å². The first-order valence-corrected chi connectivity index (χ1v) is 8.56. The van der Waals surface area contributed by atoms with E-state index in [1.165, 1.54) is 6.26 Å². The molecule has 1 heterocycles. The minimum Gasteiger partial charge on any atom is -0.373 e. The predicted octanol–water partition coefficient (Wildman–Crippen LogP) is 0.850. The second-order valence-corrected chi connectivity index (χ2v) is 6.84. The summed E-state index contributed by atoms with van der Waals surface area (Å²) < 4.78 is 22.0. The lowest BCUT2D eigenvalue weighted by molar-refractivity contribution is 0.0953. The van der Waals surface area contributed by atoms with E-state index >= 15 is 0 Å². The number of nitrogens with one attached hydrogen (secondary N) is 2. The van der Waals surface area contributed by atoms with Crippen LogP contribution in [-0.2, 0) is 16.3 Å². The van der Waals surface area contributed by atoms with E-state index in [4.69, 9.17) is 0 Å². The number of hydrogen-bond acceptors (Lipinski definition) is 5. The number of aryl methyl sites for hydroxylation is 1. The molecule has 0 aliphatic carbocycles. The largest absolute Gasteiger partial charge is 0.373 e. The second kappa shape index (κ2) is 7.23. The molecule has 7 heteroatoms. The third-order valence-corrected chi connectivity index (χ3v) is 3.77. The van der Waals surface area contributed by atoms with Gasteiger partial charge in [-0.05, 0) is 25.0 Å². The average Bonchev–Trinajstić information content (AvgIpc) is 2.41. The zero-order valence-electron chi connectivity index (χ0n) is 12.1. The molecule has 0 unspecified atom stereocenters. The topological polar surface area (TPSA) is 88.2 Å². The molecule has 0 atom stereocenters. The molecule has 2 N–H and O–H groups in total. The Balaban J connectivity index is 2.63. The lowest BCUT2D eigenvalue weighted by atomic mass is 10.2. The standard InChI is InChI=1S/C13H21N3O3S/c1-4-11-8-10(9-12(14-2)16-11)13(17)15-6-5-7-20(3,18)19/h8-9H,4-7H2,1-3H3,(H,14,16)(H,15,17). The van der Waals surface area contributed by atoms with Gasteiger partial charge in [0.05, 0.1) is 5.75 Å². The van der Waals surface area contributed by atoms with Gasteiger partial charge in [0.15, 0.2) is 0 Å². The van der Waals surface area contributed by atoms with Gasteiger partial charge in [-0.3, -0.25) is 4.79 Å². The zero-order chi connectivity index (χ0) is 15.2. The molecule has 6 nitrogen and oxygen atoms in total. The van der Waals surface area contributed by atoms with Gasteiger partial charge in [0, 0.05) is 31.1 Å². The molecular weight excluding hydrogens is 278 g/mol. The van der Waals surface area contributed by atoms with E-state index in [1.807, 2.05) is 6.92 Å². The summed E-state index contributed by atoms with van der Waals surface area (Å²) in [7, 11) is -1.23. The minimum absolute atomic E-state index is 0.0750. The van der Waals surface area contributed by atoms with Crippen LogP contribution >= 0.6 is 0 Å². The first-order valence-electron chi connectivity index (χ1n) is 6.50. The summed E-state index contributed by atoms with van der Waals surface area (Å²) in [6.07, 6.45) is 2.34. The molecule has 1 aromatic heterocycles. The number of carbonyl (C=O) groups excluding carboxylic acids is 1. The summed E-state index contributed by atoms with van der Waals surface area (Å²) in [5.41, 5.74) is 1.36. The van der Waals surface area contributed by atoms with Crippen LogP contribution in [0, 0.1) is 0 Å². The third-order valence-electron chi connectivity index (χ3n) is 2.74. The molecule has 0 spiro atoms. The van der Waals surface area contributed by atoms with Crippen LogP contribution in [-0.4, -0.2) is 44.9 Å². The van der Waals surface area contributed by atoms with Crippen molar-refractivity contribution in [2.45, 2.75) is 19.8 Å². The van der Waals surface area contributed by atoms with Gasteiger partial charge in [-0.15, -0.1) is 0 Å². The van der Waals surface area contributed by atoms with Crippen molar-refractivity contribution in [1.82, 2.24) is 10.3 Å². The summed E-state index contributed by atoms with van der Waals surface area (Å²) in [6.45, 7) is 2.31. The molecule has 1 amide bonds. The van der Waals surface area contributed by atoms with Gasteiger partial charge in [0.1, 0.15) is 15.7 Å². The van der Waals surface area contributed by atoms with E-state index in [0.717, 1.165) is 12.1 Å². The SMILES string of the molecule is CCc1cc(C(=O)NCCCS(C)(=O)=O)cc(NC)n1. The van der Waals surface area contributed by atoms with Gasteiger partial charge >= 0.3 is 0 Å². The zero-order valence-corrected chi connectivity index (χ0v) is 12.9. The highest BCUT2D eigenvalue weighted by molar-refractivity contribution is 7.90. The summed E-state index contributed by atoms with van der Waals surface area (Å²) in [5.74, 6) is 0.503.